The van der Waals surface area contributed by atoms with Crippen LogP contribution in [0.4, 0.5) is 87.8 Å². The molecule has 0 spiro atoms. The molecule has 56 heavy (non-hydrogen) atoms. The van der Waals surface area contributed by atoms with Crippen LogP contribution in [0.25, 0.3) is 0 Å². The van der Waals surface area contributed by atoms with Gasteiger partial charge in [0.25, 0.3) is 5.75 Å². The lowest BCUT2D eigenvalue weighted by atomic mass is 9.12. The molecule has 5 aromatic carbocycles. The molecule has 0 radical (unpaired) electrons. The van der Waals surface area contributed by atoms with Crippen molar-refractivity contribution in [3.05, 3.63) is 152 Å². The Morgan fingerprint density at radius 3 is 0.750 bits per heavy atom. The van der Waals surface area contributed by atoms with Crippen molar-refractivity contribution in [1.82, 2.24) is 0 Å². The summed E-state index contributed by atoms with van der Waals surface area (Å²) in [5.41, 5.74) is -13.7. The Bertz CT molecular complexity index is 2060. The van der Waals surface area contributed by atoms with Crippen molar-refractivity contribution in [2.75, 3.05) is 5.75 Å². The van der Waals surface area contributed by atoms with Gasteiger partial charge in [-0.15, -0.1) is 21.9 Å². The molecule has 0 bridgehead atoms. The van der Waals surface area contributed by atoms with Gasteiger partial charge in [-0.1, -0.05) is 30.3 Å². The third-order valence-corrected chi connectivity index (χ3v) is 8.37. The molecular formula is C32H7BF20O2S. The minimum Gasteiger partial charge on any atom is -0.288 e. The number of rotatable bonds is 7. The van der Waals surface area contributed by atoms with Crippen molar-refractivity contribution in [3.8, 4) is 0 Å². The van der Waals surface area contributed by atoms with E-state index < -0.39 is 144 Å². The molecule has 0 saturated heterocycles. The van der Waals surface area contributed by atoms with Crippen molar-refractivity contribution in [2.45, 2.75) is 0 Å². The van der Waals surface area contributed by atoms with E-state index in [1.165, 1.54) is 0 Å². The second-order valence-corrected chi connectivity index (χ2v) is 11.4. The Morgan fingerprint density at radius 2 is 0.554 bits per heavy atom. The molecule has 0 aliphatic rings. The van der Waals surface area contributed by atoms with Crippen molar-refractivity contribution in [2.24, 2.45) is 0 Å². The van der Waals surface area contributed by atoms with E-state index in [2.05, 4.69) is 0 Å². The van der Waals surface area contributed by atoms with Gasteiger partial charge in [0.15, 0.2) is 69.8 Å². The van der Waals surface area contributed by atoms with Gasteiger partial charge in [-0.05, 0) is 0 Å². The maximum absolute atomic E-state index is 15.4. The first kappa shape index (κ1) is 43.2. The minimum absolute atomic E-state index is 0.0179. The van der Waals surface area contributed by atoms with Crippen LogP contribution < -0.4 is 21.9 Å². The molecule has 0 saturated carbocycles. The largest absolute Gasteiger partial charge is 0.467 e. The number of benzene rings is 5. The molecule has 0 heterocycles. The van der Waals surface area contributed by atoms with Gasteiger partial charge < -0.3 is 0 Å². The van der Waals surface area contributed by atoms with Gasteiger partial charge in [-0.2, -0.15) is 0 Å². The highest BCUT2D eigenvalue weighted by atomic mass is 32.1. The summed E-state index contributed by atoms with van der Waals surface area (Å²) in [6.07, 6.45) is -7.22. The van der Waals surface area contributed by atoms with Crippen LogP contribution in [0.2, 0.25) is 0 Å². The third-order valence-electron chi connectivity index (χ3n) is 7.99. The summed E-state index contributed by atoms with van der Waals surface area (Å²) in [6.45, 7) is 0. The van der Waals surface area contributed by atoms with Crippen molar-refractivity contribution < 1.29 is 96.8 Å². The van der Waals surface area contributed by atoms with E-state index in [-0.39, 0.29) is 11.5 Å². The normalized spacial score (nSPS) is 11.4. The van der Waals surface area contributed by atoms with Crippen molar-refractivity contribution >= 4 is 45.4 Å². The number of hydrogen-bond donors (Lipinski definition) is 0. The molecule has 296 valence electrons. The quantitative estimate of drug-likeness (QED) is 0.0437. The predicted octanol–water partition coefficient (Wildman–Crippen LogP) is 7.14. The van der Waals surface area contributed by atoms with Gasteiger partial charge in [0, 0.05) is 9.77 Å². The van der Waals surface area contributed by atoms with Crippen LogP contribution in [0, 0.1) is 116 Å². The van der Waals surface area contributed by atoms with Crippen LogP contribution in [-0.4, -0.2) is 17.7 Å². The van der Waals surface area contributed by atoms with Crippen LogP contribution in [0.3, 0.4) is 0 Å². The molecule has 5 aromatic rings. The first-order valence-electron chi connectivity index (χ1n) is 14.1. The molecule has 0 aliphatic carbocycles. The second-order valence-electron chi connectivity index (χ2n) is 10.9. The zero-order valence-electron chi connectivity index (χ0n) is 26.0. The van der Waals surface area contributed by atoms with E-state index in [1.54, 1.807) is 24.3 Å². The summed E-state index contributed by atoms with van der Waals surface area (Å²) in [4.78, 5) is 11.0. The number of hydrogen-bond acceptors (Lipinski definition) is 2. The van der Waals surface area contributed by atoms with Crippen LogP contribution in [0.15, 0.2) is 30.3 Å². The highest BCUT2D eigenvalue weighted by Gasteiger charge is 2.52. The van der Waals surface area contributed by atoms with E-state index in [4.69, 9.17) is 0 Å². The molecule has 5 rings (SSSR count). The maximum Gasteiger partial charge on any atom is 0.467 e. The molecule has 0 amide bonds. The molecule has 0 aliphatic heterocycles. The van der Waals surface area contributed by atoms with E-state index in [9.17, 15) is 61.7 Å². The van der Waals surface area contributed by atoms with Gasteiger partial charge in [0.05, 0.1) is 0 Å². The van der Waals surface area contributed by atoms with Gasteiger partial charge in [-0.3, -0.25) is 4.79 Å². The smallest absolute Gasteiger partial charge is 0.288 e. The van der Waals surface area contributed by atoms with E-state index in [1.807, 2.05) is 6.07 Å². The number of ketones is 1. The van der Waals surface area contributed by atoms with Gasteiger partial charge in [0.2, 0.25) is 5.78 Å². The lowest BCUT2D eigenvalue weighted by Crippen LogP contribution is -2.81. The zero-order chi connectivity index (χ0) is 42.5. The van der Waals surface area contributed by atoms with Crippen LogP contribution >= 0.6 is 0 Å². The van der Waals surface area contributed by atoms with E-state index in [0.29, 0.717) is 17.2 Å². The molecule has 2 nitrogen and oxygen atoms in total. The van der Waals surface area contributed by atoms with E-state index >= 15 is 35.1 Å². The predicted molar refractivity (Wildman–Crippen MR) is 153 cm³/mol. The maximum atomic E-state index is 15.4. The molecule has 0 unspecified atom stereocenters. The summed E-state index contributed by atoms with van der Waals surface area (Å²) in [5, 5.41) is 0. The second kappa shape index (κ2) is 15.9. The third kappa shape index (κ3) is 6.51. The summed E-state index contributed by atoms with van der Waals surface area (Å²) in [6, 6.07) is 8.81. The van der Waals surface area contributed by atoms with Crippen molar-refractivity contribution in [1.29, 1.82) is 0 Å². The fourth-order valence-corrected chi connectivity index (χ4v) is 5.91. The lowest BCUT2D eigenvalue weighted by molar-refractivity contribution is 0.102. The molecule has 0 N–H and O–H groups in total. The first-order chi connectivity index (χ1) is 26.0. The first-order valence-corrected chi connectivity index (χ1v) is 15.0. The summed E-state index contributed by atoms with van der Waals surface area (Å²) < 4.78 is 304. The van der Waals surface area contributed by atoms with Gasteiger partial charge in [0.1, 0.15) is 52.7 Å². The number of halogens is 20. The summed E-state index contributed by atoms with van der Waals surface area (Å²) >= 11 is 0.305. The van der Waals surface area contributed by atoms with Crippen LogP contribution in [0.1, 0.15) is 10.4 Å². The average Bonchev–Trinajstić information content (AvgIpc) is 3.18. The highest BCUT2D eigenvalue weighted by Crippen LogP contribution is 2.30. The highest BCUT2D eigenvalue weighted by molar-refractivity contribution is 7.66. The SMILES string of the molecule is Fc1c(F)c(F)c([B-](c2c(F)c(F)c(F)c(F)c2F)(c2c(F)c(F)c(F)c(F)c2F)c2c(F)c(F)c(F)c(F)c2F)c(F)c1F.O=[S+]CC(=O)c1ccccc1. The summed E-state index contributed by atoms with van der Waals surface area (Å²) in [7, 11) is 0. The minimum atomic E-state index is -7.22. The molecule has 24 heteroatoms. The van der Waals surface area contributed by atoms with Crippen LogP contribution in [-0.2, 0) is 15.9 Å². The Labute approximate surface area is 300 Å². The zero-order valence-corrected chi connectivity index (χ0v) is 26.8. The Kier molecular flexibility index (Phi) is 12.3. The van der Waals surface area contributed by atoms with E-state index in [0.717, 1.165) is 0 Å². The molecule has 0 aromatic heterocycles. The number of carbonyl (C=O) groups excluding carboxylic acids is 1. The summed E-state index contributed by atoms with van der Waals surface area (Å²) in [5.74, 6) is -71.5. The molecular weight excluding hydrogens is 839 g/mol. The van der Waals surface area contributed by atoms with Gasteiger partial charge >= 0.3 is 11.7 Å². The monoisotopic (exact) mass is 846 g/mol. The fourth-order valence-electron chi connectivity index (χ4n) is 5.64. The van der Waals surface area contributed by atoms with Crippen LogP contribution in [0.5, 0.6) is 0 Å². The van der Waals surface area contributed by atoms with Gasteiger partial charge in [-0.25, -0.2) is 87.8 Å². The number of Topliss-reactive ketones (excluding diaryl/α,β-unsaturated/α-hetero) is 1. The Morgan fingerprint density at radius 1 is 0.357 bits per heavy atom. The Hall–Kier alpha value is -5.55. The lowest BCUT2D eigenvalue weighted by Gasteiger charge is -2.44. The number of carbonyl (C=O) groups is 1. The molecule has 0 fully saturated rings. The standard InChI is InChI=1S/C24BF20.C8H7O2S/c26-5-1(6(27)14(35)21(42)13(5)34)25(2-7(28)15(36)22(43)16(37)8(2)29,3-9(30)17(38)23(44)18(39)10(3)31)4-11(32)19(40)24(45)20(41)12(4)33;9-8(6-11-10)7-4-2-1-3-5-7/h;1-5H,6H2/q-1;+1. The molecule has 0 atom stereocenters. The average molecular weight is 846 g/mol. The fraction of sp³-hybridized carbons (Fsp3) is 0.0312. The topological polar surface area (TPSA) is 34.1 Å². The van der Waals surface area contributed by atoms with Crippen molar-refractivity contribution in [3.63, 3.8) is 0 Å². The Balaban J connectivity index is 0.000000544.